The van der Waals surface area contributed by atoms with Crippen molar-refractivity contribution in [1.82, 2.24) is 4.90 Å². The second kappa shape index (κ2) is 5.89. The fourth-order valence-corrected chi connectivity index (χ4v) is 2.50. The van der Waals surface area contributed by atoms with E-state index in [0.717, 1.165) is 19.5 Å². The van der Waals surface area contributed by atoms with E-state index in [2.05, 4.69) is 17.1 Å². The summed E-state index contributed by atoms with van der Waals surface area (Å²) in [6, 6.07) is 4.72. The van der Waals surface area contributed by atoms with Gasteiger partial charge in [-0.15, -0.1) is 0 Å². The minimum absolute atomic E-state index is 0.107. The van der Waals surface area contributed by atoms with Crippen LogP contribution in [0.15, 0.2) is 18.2 Å². The molecule has 1 atom stereocenters. The standard InChI is InChI=1S/C15H22FN3O/c1-11-3-4-12(7-13(11)16)18-14(20)8-19-6-5-15(2,9-17)10-19/h3-4,7H,5-6,8-10,17H2,1-2H3,(H,18,20). The highest BCUT2D eigenvalue weighted by molar-refractivity contribution is 5.92. The number of rotatable bonds is 4. The van der Waals surface area contributed by atoms with Gasteiger partial charge in [-0.1, -0.05) is 13.0 Å². The summed E-state index contributed by atoms with van der Waals surface area (Å²) in [6.45, 7) is 6.50. The number of aryl methyl sites for hydroxylation is 1. The molecule has 1 aliphatic heterocycles. The average Bonchev–Trinajstić information content (AvgIpc) is 2.76. The highest BCUT2D eigenvalue weighted by atomic mass is 19.1. The molecule has 3 N–H and O–H groups in total. The molecule has 0 spiro atoms. The number of likely N-dealkylation sites (tertiary alicyclic amines) is 1. The van der Waals surface area contributed by atoms with Crippen molar-refractivity contribution >= 4 is 11.6 Å². The molecule has 1 aliphatic rings. The van der Waals surface area contributed by atoms with Crippen molar-refractivity contribution in [3.8, 4) is 0 Å². The van der Waals surface area contributed by atoms with E-state index < -0.39 is 0 Å². The zero-order valence-electron chi connectivity index (χ0n) is 12.1. The number of nitrogens with one attached hydrogen (secondary N) is 1. The van der Waals surface area contributed by atoms with Crippen LogP contribution in [0.25, 0.3) is 0 Å². The maximum atomic E-state index is 13.4. The fourth-order valence-electron chi connectivity index (χ4n) is 2.50. The minimum Gasteiger partial charge on any atom is -0.330 e. The molecular weight excluding hydrogens is 257 g/mol. The molecule has 0 saturated carbocycles. The number of carbonyl (C=O) groups excluding carboxylic acids is 1. The predicted octanol–water partition coefficient (Wildman–Crippen LogP) is 1.74. The lowest BCUT2D eigenvalue weighted by molar-refractivity contribution is -0.117. The van der Waals surface area contributed by atoms with Gasteiger partial charge in [0.2, 0.25) is 5.91 Å². The van der Waals surface area contributed by atoms with Gasteiger partial charge < -0.3 is 11.1 Å². The molecule has 1 heterocycles. The van der Waals surface area contributed by atoms with E-state index in [1.54, 1.807) is 19.1 Å². The van der Waals surface area contributed by atoms with Crippen molar-refractivity contribution in [2.45, 2.75) is 20.3 Å². The molecule has 0 radical (unpaired) electrons. The Balaban J connectivity index is 1.88. The Labute approximate surface area is 119 Å². The molecule has 1 unspecified atom stereocenters. The van der Waals surface area contributed by atoms with E-state index in [1.807, 2.05) is 0 Å². The van der Waals surface area contributed by atoms with Gasteiger partial charge in [0, 0.05) is 12.2 Å². The van der Waals surface area contributed by atoms with Crippen LogP contribution in [-0.4, -0.2) is 37.0 Å². The molecule has 0 aliphatic carbocycles. The van der Waals surface area contributed by atoms with Crippen LogP contribution in [0.1, 0.15) is 18.9 Å². The largest absolute Gasteiger partial charge is 0.330 e. The third kappa shape index (κ3) is 3.55. The summed E-state index contributed by atoms with van der Waals surface area (Å²) >= 11 is 0. The van der Waals surface area contributed by atoms with Crippen molar-refractivity contribution in [1.29, 1.82) is 0 Å². The molecule has 5 heteroatoms. The summed E-state index contributed by atoms with van der Waals surface area (Å²) < 4.78 is 13.4. The first-order chi connectivity index (χ1) is 9.42. The molecule has 1 saturated heterocycles. The number of hydrogen-bond donors (Lipinski definition) is 2. The number of hydrogen-bond acceptors (Lipinski definition) is 3. The Morgan fingerprint density at radius 3 is 2.90 bits per heavy atom. The molecule has 1 aromatic carbocycles. The molecule has 0 bridgehead atoms. The van der Waals surface area contributed by atoms with Crippen LogP contribution >= 0.6 is 0 Å². The predicted molar refractivity (Wildman–Crippen MR) is 78.0 cm³/mol. The van der Waals surface area contributed by atoms with E-state index in [0.29, 0.717) is 24.3 Å². The molecular formula is C15H22FN3O. The topological polar surface area (TPSA) is 58.4 Å². The van der Waals surface area contributed by atoms with Gasteiger partial charge in [0.1, 0.15) is 5.82 Å². The van der Waals surface area contributed by atoms with Crippen LogP contribution in [0.4, 0.5) is 10.1 Å². The molecule has 4 nitrogen and oxygen atoms in total. The molecule has 20 heavy (non-hydrogen) atoms. The first-order valence-electron chi connectivity index (χ1n) is 6.90. The van der Waals surface area contributed by atoms with E-state index >= 15 is 0 Å². The first-order valence-corrected chi connectivity index (χ1v) is 6.90. The van der Waals surface area contributed by atoms with E-state index in [-0.39, 0.29) is 17.1 Å². The Hall–Kier alpha value is -1.46. The van der Waals surface area contributed by atoms with E-state index in [1.165, 1.54) is 6.07 Å². The number of nitrogens with zero attached hydrogens (tertiary/aromatic N) is 1. The maximum Gasteiger partial charge on any atom is 0.238 e. The quantitative estimate of drug-likeness (QED) is 0.882. The monoisotopic (exact) mass is 279 g/mol. The SMILES string of the molecule is Cc1ccc(NC(=O)CN2CCC(C)(CN)C2)cc1F. The molecule has 0 aromatic heterocycles. The lowest BCUT2D eigenvalue weighted by Crippen LogP contribution is -2.35. The van der Waals surface area contributed by atoms with Crippen molar-refractivity contribution in [2.24, 2.45) is 11.1 Å². The van der Waals surface area contributed by atoms with Crippen LogP contribution < -0.4 is 11.1 Å². The second-order valence-electron chi connectivity index (χ2n) is 5.99. The van der Waals surface area contributed by atoms with Crippen molar-refractivity contribution < 1.29 is 9.18 Å². The zero-order chi connectivity index (χ0) is 14.8. The highest BCUT2D eigenvalue weighted by Crippen LogP contribution is 2.28. The Bertz CT molecular complexity index is 506. The lowest BCUT2D eigenvalue weighted by atomic mass is 9.90. The number of anilines is 1. The fraction of sp³-hybridized carbons (Fsp3) is 0.533. The maximum absolute atomic E-state index is 13.4. The smallest absolute Gasteiger partial charge is 0.238 e. The van der Waals surface area contributed by atoms with Gasteiger partial charge in [0.25, 0.3) is 0 Å². The Morgan fingerprint density at radius 2 is 2.30 bits per heavy atom. The van der Waals surface area contributed by atoms with Crippen molar-refractivity contribution in [3.63, 3.8) is 0 Å². The average molecular weight is 279 g/mol. The second-order valence-corrected chi connectivity index (χ2v) is 5.99. The third-order valence-electron chi connectivity index (χ3n) is 3.95. The summed E-state index contributed by atoms with van der Waals surface area (Å²) in [4.78, 5) is 14.0. The van der Waals surface area contributed by atoms with Gasteiger partial charge in [-0.2, -0.15) is 0 Å². The number of halogens is 1. The molecule has 110 valence electrons. The minimum atomic E-state index is -0.306. The summed E-state index contributed by atoms with van der Waals surface area (Å²) in [5.74, 6) is -0.422. The van der Waals surface area contributed by atoms with E-state index in [4.69, 9.17) is 5.73 Å². The summed E-state index contributed by atoms with van der Waals surface area (Å²) in [5, 5.41) is 2.73. The van der Waals surface area contributed by atoms with Gasteiger partial charge in [-0.3, -0.25) is 9.69 Å². The first kappa shape index (κ1) is 14.9. The third-order valence-corrected chi connectivity index (χ3v) is 3.95. The Morgan fingerprint density at radius 1 is 1.55 bits per heavy atom. The van der Waals surface area contributed by atoms with Gasteiger partial charge in [0.05, 0.1) is 6.54 Å². The van der Waals surface area contributed by atoms with Crippen LogP contribution in [0.3, 0.4) is 0 Å². The van der Waals surface area contributed by atoms with Crippen LogP contribution in [0.2, 0.25) is 0 Å². The molecule has 1 amide bonds. The van der Waals surface area contributed by atoms with Crippen LogP contribution in [-0.2, 0) is 4.79 Å². The van der Waals surface area contributed by atoms with Gasteiger partial charge >= 0.3 is 0 Å². The lowest BCUT2D eigenvalue weighted by Gasteiger charge is -2.22. The molecule has 2 rings (SSSR count). The number of nitrogens with two attached hydrogens (primary N) is 1. The van der Waals surface area contributed by atoms with Gasteiger partial charge in [0.15, 0.2) is 0 Å². The summed E-state index contributed by atoms with van der Waals surface area (Å²) in [6.07, 6.45) is 1.01. The molecule has 1 aromatic rings. The summed E-state index contributed by atoms with van der Waals surface area (Å²) in [5.41, 5.74) is 6.92. The highest BCUT2D eigenvalue weighted by Gasteiger charge is 2.33. The normalized spacial score (nSPS) is 23.0. The molecule has 1 fully saturated rings. The number of amides is 1. The summed E-state index contributed by atoms with van der Waals surface area (Å²) in [7, 11) is 0. The van der Waals surface area contributed by atoms with Crippen molar-refractivity contribution in [3.05, 3.63) is 29.6 Å². The van der Waals surface area contributed by atoms with E-state index in [9.17, 15) is 9.18 Å². The van der Waals surface area contributed by atoms with Gasteiger partial charge in [-0.25, -0.2) is 4.39 Å². The van der Waals surface area contributed by atoms with Crippen LogP contribution in [0, 0.1) is 18.2 Å². The van der Waals surface area contributed by atoms with Crippen molar-refractivity contribution in [2.75, 3.05) is 31.5 Å². The zero-order valence-corrected chi connectivity index (χ0v) is 12.1. The number of benzene rings is 1. The van der Waals surface area contributed by atoms with Gasteiger partial charge in [-0.05, 0) is 49.5 Å². The van der Waals surface area contributed by atoms with Crippen LogP contribution in [0.5, 0.6) is 0 Å². The number of carbonyl (C=O) groups is 1. The Kier molecular flexibility index (Phi) is 4.40.